The molecule has 0 aliphatic carbocycles. The number of hydrogen-bond acceptors (Lipinski definition) is 1. The molecule has 0 spiro atoms. The number of nitriles is 1. The van der Waals surface area contributed by atoms with Crippen LogP contribution in [0.4, 0.5) is 0 Å². The van der Waals surface area contributed by atoms with Gasteiger partial charge in [0, 0.05) is 0 Å². The van der Waals surface area contributed by atoms with E-state index in [1.165, 1.54) is 0 Å². The molecule has 0 amide bonds. The van der Waals surface area contributed by atoms with E-state index in [-0.39, 0.29) is 0 Å². The fraction of sp³-hybridized carbons (Fsp3) is 0.800. The van der Waals surface area contributed by atoms with Gasteiger partial charge in [-0.05, 0) is 0 Å². The Morgan fingerprint density at radius 3 is 1.86 bits per heavy atom. The van der Waals surface area contributed by atoms with Crippen LogP contribution in [0.1, 0.15) is 0 Å². The van der Waals surface area contributed by atoms with Crippen molar-refractivity contribution in [3.05, 3.63) is 0 Å². The third-order valence-corrected chi connectivity index (χ3v) is 1.83. The second-order valence-corrected chi connectivity index (χ2v) is 8.37. The number of hydrogen-bond donors (Lipinski definition) is 0. The monoisotopic (exact) mass is 117 g/mol. The SMILES string of the molecule is C[PH](C)(C)CC#N. The van der Waals surface area contributed by atoms with Crippen LogP contribution in [0.15, 0.2) is 0 Å². The zero-order valence-electron chi connectivity index (χ0n) is 5.15. The summed E-state index contributed by atoms with van der Waals surface area (Å²) in [5, 5.41) is 8.19. The fourth-order valence-electron chi connectivity index (χ4n) is 0.237. The van der Waals surface area contributed by atoms with E-state index in [2.05, 4.69) is 26.1 Å². The Kier molecular flexibility index (Phi) is 2.26. The van der Waals surface area contributed by atoms with Gasteiger partial charge >= 0.3 is 44.7 Å². The van der Waals surface area contributed by atoms with Gasteiger partial charge in [0.25, 0.3) is 0 Å². The van der Waals surface area contributed by atoms with Crippen molar-refractivity contribution >= 4 is 7.26 Å². The standard InChI is InChI=1S/C5H12NP/c1-7(2,3)5-4-6/h7H,5H2,1-3H3. The van der Waals surface area contributed by atoms with E-state index >= 15 is 0 Å². The first-order chi connectivity index (χ1) is 3.06. The Hall–Kier alpha value is -0.0800. The molecule has 2 heteroatoms. The summed E-state index contributed by atoms with van der Waals surface area (Å²) >= 11 is 0. The predicted octanol–water partition coefficient (Wildman–Crippen LogP) is 1.15. The Balaban J connectivity index is 3.40. The van der Waals surface area contributed by atoms with Gasteiger partial charge in [0.05, 0.1) is 0 Å². The molecule has 0 unspecified atom stereocenters. The van der Waals surface area contributed by atoms with Gasteiger partial charge in [0.2, 0.25) is 0 Å². The van der Waals surface area contributed by atoms with Crippen molar-refractivity contribution < 1.29 is 0 Å². The van der Waals surface area contributed by atoms with Crippen LogP contribution >= 0.6 is 7.26 Å². The molecule has 0 saturated heterocycles. The predicted molar refractivity (Wildman–Crippen MR) is 36.6 cm³/mol. The van der Waals surface area contributed by atoms with E-state index in [0.29, 0.717) is 0 Å². The van der Waals surface area contributed by atoms with Crippen molar-refractivity contribution in [2.24, 2.45) is 0 Å². The van der Waals surface area contributed by atoms with E-state index in [9.17, 15) is 0 Å². The van der Waals surface area contributed by atoms with E-state index < -0.39 is 7.26 Å². The van der Waals surface area contributed by atoms with Gasteiger partial charge in [-0.25, -0.2) is 0 Å². The molecule has 7 heavy (non-hydrogen) atoms. The number of rotatable bonds is 1. The second-order valence-electron chi connectivity index (χ2n) is 2.90. The molecule has 42 valence electrons. The maximum atomic E-state index is 8.19. The summed E-state index contributed by atoms with van der Waals surface area (Å²) in [4.78, 5) is 0. The molecular formula is C5H12NP. The van der Waals surface area contributed by atoms with Gasteiger partial charge < -0.3 is 0 Å². The molecule has 0 heterocycles. The van der Waals surface area contributed by atoms with Crippen molar-refractivity contribution in [2.45, 2.75) is 0 Å². The molecule has 0 saturated carbocycles. The molecule has 0 aromatic rings. The van der Waals surface area contributed by atoms with E-state index in [0.717, 1.165) is 6.16 Å². The van der Waals surface area contributed by atoms with Crippen LogP contribution in [0.25, 0.3) is 0 Å². The Morgan fingerprint density at radius 1 is 1.43 bits per heavy atom. The molecule has 0 N–H and O–H groups in total. The third kappa shape index (κ3) is 5.92. The number of nitrogens with zero attached hydrogens (tertiary/aromatic N) is 1. The van der Waals surface area contributed by atoms with Crippen LogP contribution < -0.4 is 0 Å². The normalized spacial score (nSPS) is 12.9. The molecule has 0 aliphatic rings. The molecule has 0 aromatic carbocycles. The Bertz CT molecular complexity index is 85.2. The van der Waals surface area contributed by atoms with Crippen LogP contribution in [0, 0.1) is 11.3 Å². The van der Waals surface area contributed by atoms with Gasteiger partial charge in [0.15, 0.2) is 0 Å². The molecular weight excluding hydrogens is 105 g/mol. The second kappa shape index (κ2) is 2.28. The van der Waals surface area contributed by atoms with Gasteiger partial charge in [-0.3, -0.25) is 0 Å². The Morgan fingerprint density at radius 2 is 1.86 bits per heavy atom. The van der Waals surface area contributed by atoms with Crippen LogP contribution in [0.5, 0.6) is 0 Å². The molecule has 0 radical (unpaired) electrons. The summed E-state index contributed by atoms with van der Waals surface area (Å²) in [6.45, 7) is 6.57. The fourth-order valence-corrected chi connectivity index (χ4v) is 0.712. The van der Waals surface area contributed by atoms with E-state index in [1.54, 1.807) is 0 Å². The molecule has 0 atom stereocenters. The molecule has 1 nitrogen and oxygen atoms in total. The van der Waals surface area contributed by atoms with E-state index in [4.69, 9.17) is 5.26 Å². The summed E-state index contributed by atoms with van der Waals surface area (Å²) in [6, 6.07) is 2.17. The molecule has 0 fully saturated rings. The summed E-state index contributed by atoms with van der Waals surface area (Å²) in [5.74, 6) is 0. The molecule has 0 bridgehead atoms. The van der Waals surface area contributed by atoms with E-state index in [1.807, 2.05) is 0 Å². The van der Waals surface area contributed by atoms with Gasteiger partial charge in [-0.1, -0.05) is 0 Å². The van der Waals surface area contributed by atoms with Crippen molar-refractivity contribution in [1.29, 1.82) is 5.26 Å². The van der Waals surface area contributed by atoms with Crippen LogP contribution in [-0.4, -0.2) is 26.2 Å². The van der Waals surface area contributed by atoms with Crippen molar-refractivity contribution in [3.63, 3.8) is 0 Å². The zero-order valence-corrected chi connectivity index (χ0v) is 6.15. The van der Waals surface area contributed by atoms with Gasteiger partial charge in [0.1, 0.15) is 0 Å². The van der Waals surface area contributed by atoms with Crippen LogP contribution in [0.2, 0.25) is 0 Å². The summed E-state index contributed by atoms with van der Waals surface area (Å²) in [6.07, 6.45) is 0.785. The first-order valence-electron chi connectivity index (χ1n) is 2.43. The topological polar surface area (TPSA) is 23.8 Å². The molecule has 0 aromatic heterocycles. The quantitative estimate of drug-likeness (QED) is 0.472. The summed E-state index contributed by atoms with van der Waals surface area (Å²) in [5.41, 5.74) is 0. The molecule has 0 aliphatic heterocycles. The average Bonchev–Trinajstić information content (AvgIpc) is 1.30. The van der Waals surface area contributed by atoms with Crippen molar-refractivity contribution in [2.75, 3.05) is 26.2 Å². The average molecular weight is 117 g/mol. The van der Waals surface area contributed by atoms with Gasteiger partial charge in [-0.2, -0.15) is 0 Å². The maximum absolute atomic E-state index is 8.19. The first-order valence-corrected chi connectivity index (χ1v) is 6.14. The minimum atomic E-state index is -1.02. The first kappa shape index (κ1) is 6.92. The minimum absolute atomic E-state index is 0.785. The Labute approximate surface area is 45.7 Å². The van der Waals surface area contributed by atoms with Crippen molar-refractivity contribution in [3.8, 4) is 6.07 Å². The third-order valence-electron chi connectivity index (χ3n) is 0.609. The summed E-state index contributed by atoms with van der Waals surface area (Å²) in [7, 11) is -1.02. The molecule has 0 rings (SSSR count). The summed E-state index contributed by atoms with van der Waals surface area (Å²) < 4.78 is 0. The zero-order chi connectivity index (χ0) is 5.91. The van der Waals surface area contributed by atoms with Gasteiger partial charge in [-0.15, -0.1) is 0 Å². The van der Waals surface area contributed by atoms with Crippen LogP contribution in [0.3, 0.4) is 0 Å². The van der Waals surface area contributed by atoms with Crippen LogP contribution in [-0.2, 0) is 0 Å². The van der Waals surface area contributed by atoms with Crippen molar-refractivity contribution in [1.82, 2.24) is 0 Å².